The normalized spacial score (nSPS) is 10.2. The van der Waals surface area contributed by atoms with Crippen LogP contribution in [0.2, 0.25) is 0 Å². The topological polar surface area (TPSA) is 39.1 Å². The van der Waals surface area contributed by atoms with Gasteiger partial charge in [-0.05, 0) is 40.0 Å². The molecule has 12 heavy (non-hydrogen) atoms. The van der Waals surface area contributed by atoms with E-state index in [1.165, 1.54) is 12.8 Å². The zero-order chi connectivity index (χ0) is 9.23. The molecule has 0 fully saturated rings. The zero-order valence-electron chi connectivity index (χ0n) is 8.14. The largest absolute Gasteiger partial charge is 0.316 e. The summed E-state index contributed by atoms with van der Waals surface area (Å²) in [6.07, 6.45) is 3.05. The van der Waals surface area contributed by atoms with Crippen LogP contribution in [-0.2, 0) is 0 Å². The Hall–Kier alpha value is -0.590. The monoisotopic (exact) mass is 169 g/mol. The minimum Gasteiger partial charge on any atom is -0.316 e. The van der Waals surface area contributed by atoms with E-state index in [9.17, 15) is 0 Å². The fourth-order valence-corrected chi connectivity index (χ4v) is 0.947. The molecule has 1 N–H and O–H groups in total. The second-order valence-electron chi connectivity index (χ2n) is 3.17. The standard InChI is InChI=1S/C9H19N3/c1-12(2)9-4-3-7-11-8-5-6-10/h11H,3-5,7-9H2,1-2H3. The highest BCUT2D eigenvalue weighted by molar-refractivity contribution is 4.69. The molecular weight excluding hydrogens is 150 g/mol. The van der Waals surface area contributed by atoms with E-state index in [1.807, 2.05) is 0 Å². The van der Waals surface area contributed by atoms with E-state index in [4.69, 9.17) is 5.26 Å². The number of hydrogen-bond donors (Lipinski definition) is 1. The van der Waals surface area contributed by atoms with Crippen LogP contribution in [0.1, 0.15) is 19.3 Å². The van der Waals surface area contributed by atoms with Gasteiger partial charge in [-0.1, -0.05) is 0 Å². The number of unbranched alkanes of at least 4 members (excludes halogenated alkanes) is 1. The summed E-state index contributed by atoms with van der Waals surface area (Å²) in [7, 11) is 4.17. The van der Waals surface area contributed by atoms with E-state index in [0.29, 0.717) is 6.42 Å². The van der Waals surface area contributed by atoms with Gasteiger partial charge in [-0.15, -0.1) is 0 Å². The quantitative estimate of drug-likeness (QED) is 0.574. The van der Waals surface area contributed by atoms with Gasteiger partial charge < -0.3 is 10.2 Å². The summed E-state index contributed by atoms with van der Waals surface area (Å²) >= 11 is 0. The van der Waals surface area contributed by atoms with Crippen molar-refractivity contribution in [2.75, 3.05) is 33.7 Å². The Morgan fingerprint density at radius 3 is 2.58 bits per heavy atom. The molecule has 3 nitrogen and oxygen atoms in total. The smallest absolute Gasteiger partial charge is 0.0635 e. The maximum absolute atomic E-state index is 8.25. The predicted octanol–water partition coefficient (Wildman–Crippen LogP) is 0.831. The number of nitrogens with one attached hydrogen (secondary N) is 1. The van der Waals surface area contributed by atoms with Crippen LogP contribution >= 0.6 is 0 Å². The molecule has 0 aliphatic heterocycles. The lowest BCUT2D eigenvalue weighted by Crippen LogP contribution is -2.18. The summed E-state index contributed by atoms with van der Waals surface area (Å²) in [6, 6.07) is 2.11. The van der Waals surface area contributed by atoms with Gasteiger partial charge in [0.1, 0.15) is 0 Å². The van der Waals surface area contributed by atoms with E-state index in [2.05, 4.69) is 30.4 Å². The molecule has 0 spiro atoms. The first kappa shape index (κ1) is 11.4. The predicted molar refractivity (Wildman–Crippen MR) is 50.9 cm³/mol. The van der Waals surface area contributed by atoms with Crippen LogP contribution in [0.3, 0.4) is 0 Å². The van der Waals surface area contributed by atoms with E-state index >= 15 is 0 Å². The Bertz CT molecular complexity index is 126. The maximum Gasteiger partial charge on any atom is 0.0635 e. The van der Waals surface area contributed by atoms with Gasteiger partial charge in [0, 0.05) is 13.0 Å². The third-order valence-electron chi connectivity index (χ3n) is 1.62. The van der Waals surface area contributed by atoms with Crippen LogP contribution < -0.4 is 5.32 Å². The lowest BCUT2D eigenvalue weighted by molar-refractivity contribution is 0.392. The van der Waals surface area contributed by atoms with Crippen molar-refractivity contribution in [1.29, 1.82) is 5.26 Å². The molecule has 0 atom stereocenters. The molecule has 0 aromatic carbocycles. The molecule has 0 rings (SSSR count). The van der Waals surface area contributed by atoms with Crippen molar-refractivity contribution in [3.8, 4) is 6.07 Å². The Morgan fingerprint density at radius 1 is 1.25 bits per heavy atom. The van der Waals surface area contributed by atoms with E-state index in [0.717, 1.165) is 19.6 Å². The molecule has 70 valence electrons. The summed E-state index contributed by atoms with van der Waals surface area (Å²) < 4.78 is 0. The average Bonchev–Trinajstić information content (AvgIpc) is 2.02. The van der Waals surface area contributed by atoms with Gasteiger partial charge in [-0.3, -0.25) is 0 Å². The van der Waals surface area contributed by atoms with Gasteiger partial charge in [0.05, 0.1) is 6.07 Å². The van der Waals surface area contributed by atoms with Crippen LogP contribution in [-0.4, -0.2) is 38.6 Å². The van der Waals surface area contributed by atoms with Crippen LogP contribution in [0.15, 0.2) is 0 Å². The molecular formula is C9H19N3. The van der Waals surface area contributed by atoms with Gasteiger partial charge in [0.2, 0.25) is 0 Å². The summed E-state index contributed by atoms with van der Waals surface area (Å²) in [5.74, 6) is 0. The van der Waals surface area contributed by atoms with Crippen molar-refractivity contribution in [1.82, 2.24) is 10.2 Å². The molecule has 3 heteroatoms. The summed E-state index contributed by atoms with van der Waals surface area (Å²) in [6.45, 7) is 3.02. The molecule has 0 aromatic rings. The Balaban J connectivity index is 2.87. The third-order valence-corrected chi connectivity index (χ3v) is 1.62. The van der Waals surface area contributed by atoms with Crippen molar-refractivity contribution in [3.63, 3.8) is 0 Å². The lowest BCUT2D eigenvalue weighted by Gasteiger charge is -2.08. The number of hydrogen-bond acceptors (Lipinski definition) is 3. The first-order valence-electron chi connectivity index (χ1n) is 4.49. The van der Waals surface area contributed by atoms with E-state index < -0.39 is 0 Å². The molecule has 0 saturated carbocycles. The molecule has 0 aliphatic rings. The fraction of sp³-hybridized carbons (Fsp3) is 0.889. The van der Waals surface area contributed by atoms with Crippen LogP contribution in [0.25, 0.3) is 0 Å². The van der Waals surface area contributed by atoms with Crippen molar-refractivity contribution < 1.29 is 0 Å². The van der Waals surface area contributed by atoms with E-state index in [-0.39, 0.29) is 0 Å². The maximum atomic E-state index is 8.25. The van der Waals surface area contributed by atoms with Gasteiger partial charge in [-0.25, -0.2) is 0 Å². The highest BCUT2D eigenvalue weighted by Gasteiger charge is 1.90. The highest BCUT2D eigenvalue weighted by Crippen LogP contribution is 1.88. The molecule has 0 aromatic heterocycles. The van der Waals surface area contributed by atoms with E-state index in [1.54, 1.807) is 0 Å². The first-order chi connectivity index (χ1) is 5.77. The Morgan fingerprint density at radius 2 is 2.00 bits per heavy atom. The highest BCUT2D eigenvalue weighted by atomic mass is 15.0. The Kier molecular flexibility index (Phi) is 8.09. The SMILES string of the molecule is CN(C)CCCCNCCC#N. The summed E-state index contributed by atoms with van der Waals surface area (Å²) in [5, 5.41) is 11.5. The second kappa shape index (κ2) is 8.51. The number of nitriles is 1. The molecule has 0 radical (unpaired) electrons. The molecule has 0 heterocycles. The van der Waals surface area contributed by atoms with Crippen LogP contribution in [0.4, 0.5) is 0 Å². The van der Waals surface area contributed by atoms with Gasteiger partial charge in [0.15, 0.2) is 0 Å². The number of nitrogens with zero attached hydrogens (tertiary/aromatic N) is 2. The van der Waals surface area contributed by atoms with Crippen molar-refractivity contribution in [2.24, 2.45) is 0 Å². The van der Waals surface area contributed by atoms with Crippen molar-refractivity contribution in [3.05, 3.63) is 0 Å². The Labute approximate surface area is 75.4 Å². The second-order valence-corrected chi connectivity index (χ2v) is 3.17. The van der Waals surface area contributed by atoms with Crippen molar-refractivity contribution >= 4 is 0 Å². The molecule has 0 saturated heterocycles. The minimum atomic E-state index is 0.619. The molecule has 0 bridgehead atoms. The molecule has 0 aliphatic carbocycles. The van der Waals surface area contributed by atoms with Gasteiger partial charge in [0.25, 0.3) is 0 Å². The fourth-order valence-electron chi connectivity index (χ4n) is 0.947. The summed E-state index contributed by atoms with van der Waals surface area (Å²) in [4.78, 5) is 2.19. The van der Waals surface area contributed by atoms with Crippen LogP contribution in [0.5, 0.6) is 0 Å². The van der Waals surface area contributed by atoms with Crippen LogP contribution in [0, 0.1) is 11.3 Å². The zero-order valence-corrected chi connectivity index (χ0v) is 8.14. The lowest BCUT2D eigenvalue weighted by atomic mass is 10.3. The van der Waals surface area contributed by atoms with Crippen molar-refractivity contribution in [2.45, 2.75) is 19.3 Å². The van der Waals surface area contributed by atoms with Gasteiger partial charge >= 0.3 is 0 Å². The average molecular weight is 169 g/mol. The minimum absolute atomic E-state index is 0.619. The number of rotatable bonds is 7. The summed E-state index contributed by atoms with van der Waals surface area (Å²) in [5.41, 5.74) is 0. The molecule has 0 unspecified atom stereocenters. The molecule has 0 amide bonds. The van der Waals surface area contributed by atoms with Gasteiger partial charge in [-0.2, -0.15) is 5.26 Å². The third kappa shape index (κ3) is 9.41. The first-order valence-corrected chi connectivity index (χ1v) is 4.49.